The lowest BCUT2D eigenvalue weighted by molar-refractivity contribution is 0.00578. The van der Waals surface area contributed by atoms with Crippen molar-refractivity contribution in [3.63, 3.8) is 0 Å². The lowest BCUT2D eigenvalue weighted by Crippen LogP contribution is -2.41. The van der Waals surface area contributed by atoms with E-state index in [4.69, 9.17) is 14.0 Å². The summed E-state index contributed by atoms with van der Waals surface area (Å²) in [5.74, 6) is 0.702. The number of aliphatic hydroxyl groups is 1. The topological polar surface area (TPSA) is 47.9 Å². The van der Waals surface area contributed by atoms with Gasteiger partial charge in [0.25, 0.3) is 0 Å². The van der Waals surface area contributed by atoms with Crippen LogP contribution in [0.1, 0.15) is 39.4 Å². The Morgan fingerprint density at radius 3 is 2.42 bits per heavy atom. The fraction of sp³-hybridized carbons (Fsp3) is 0.571. The Balaban J connectivity index is 1.98. The highest BCUT2D eigenvalue weighted by molar-refractivity contribution is 6.63. The first-order valence-electron chi connectivity index (χ1n) is 6.61. The molecule has 0 bridgehead atoms. The number of aliphatic hydroxyl groups excluding tert-OH is 1. The Hall–Kier alpha value is -1.04. The maximum absolute atomic E-state index is 9.85. The highest BCUT2D eigenvalue weighted by Crippen LogP contribution is 2.38. The first kappa shape index (κ1) is 13.0. The summed E-state index contributed by atoms with van der Waals surface area (Å²) in [4.78, 5) is 0. The number of para-hydroxylation sites is 1. The summed E-state index contributed by atoms with van der Waals surface area (Å²) in [5, 5.41) is 9.85. The zero-order chi connectivity index (χ0) is 13.8. The number of ether oxygens (including phenoxy) is 1. The minimum atomic E-state index is -0.558. The number of benzene rings is 1. The lowest BCUT2D eigenvalue weighted by Gasteiger charge is -2.32. The third-order valence-corrected chi connectivity index (χ3v) is 4.33. The Bertz CT molecular complexity index is 496. The maximum Gasteiger partial charge on any atom is 0.498 e. The molecule has 2 aliphatic heterocycles. The molecule has 1 N–H and O–H groups in total. The van der Waals surface area contributed by atoms with Crippen LogP contribution in [-0.4, -0.2) is 30.0 Å². The van der Waals surface area contributed by atoms with Gasteiger partial charge in [0.1, 0.15) is 18.5 Å². The molecule has 1 aromatic carbocycles. The maximum atomic E-state index is 9.85. The quantitative estimate of drug-likeness (QED) is 0.777. The van der Waals surface area contributed by atoms with Crippen LogP contribution in [0.4, 0.5) is 0 Å². The Labute approximate surface area is 113 Å². The van der Waals surface area contributed by atoms with Gasteiger partial charge in [0.15, 0.2) is 0 Å². The molecule has 1 atom stereocenters. The summed E-state index contributed by atoms with van der Waals surface area (Å²) in [6, 6.07) is 5.71. The lowest BCUT2D eigenvalue weighted by atomic mass is 9.77. The van der Waals surface area contributed by atoms with E-state index in [0.29, 0.717) is 12.4 Å². The summed E-state index contributed by atoms with van der Waals surface area (Å²) < 4.78 is 17.6. The van der Waals surface area contributed by atoms with Crippen molar-refractivity contribution >= 4 is 12.6 Å². The van der Waals surface area contributed by atoms with Gasteiger partial charge in [-0.2, -0.15) is 0 Å². The SMILES string of the molecule is CC1(C)OB(c2cccc3c2OCC3O)OC1(C)C. The van der Waals surface area contributed by atoms with E-state index in [-0.39, 0.29) is 11.2 Å². The zero-order valence-corrected chi connectivity index (χ0v) is 11.8. The van der Waals surface area contributed by atoms with E-state index in [9.17, 15) is 5.11 Å². The van der Waals surface area contributed by atoms with E-state index in [1.54, 1.807) is 0 Å². The van der Waals surface area contributed by atoms with Crippen LogP contribution in [0.25, 0.3) is 0 Å². The fourth-order valence-electron chi connectivity index (χ4n) is 2.41. The fourth-order valence-corrected chi connectivity index (χ4v) is 2.41. The summed E-state index contributed by atoms with van der Waals surface area (Å²) >= 11 is 0. The van der Waals surface area contributed by atoms with Crippen LogP contribution < -0.4 is 10.2 Å². The molecule has 1 aromatic rings. The molecule has 3 rings (SSSR count). The molecule has 102 valence electrons. The van der Waals surface area contributed by atoms with Crippen LogP contribution in [-0.2, 0) is 9.31 Å². The highest BCUT2D eigenvalue weighted by Gasteiger charge is 2.53. The smallest absolute Gasteiger partial charge is 0.490 e. The van der Waals surface area contributed by atoms with Gasteiger partial charge in [0, 0.05) is 11.0 Å². The Morgan fingerprint density at radius 2 is 1.79 bits per heavy atom. The summed E-state index contributed by atoms with van der Waals surface area (Å²) in [7, 11) is -0.453. The Morgan fingerprint density at radius 1 is 1.16 bits per heavy atom. The van der Waals surface area contributed by atoms with E-state index in [1.165, 1.54) is 0 Å². The van der Waals surface area contributed by atoms with Crippen LogP contribution in [0.3, 0.4) is 0 Å². The van der Waals surface area contributed by atoms with Gasteiger partial charge < -0.3 is 19.2 Å². The molecule has 1 fully saturated rings. The van der Waals surface area contributed by atoms with Crippen LogP contribution in [0.2, 0.25) is 0 Å². The molecule has 2 aliphatic rings. The molecular formula is C14H19BO4. The molecule has 2 heterocycles. The standard InChI is InChI=1S/C14H19BO4/c1-13(2)14(3,4)19-15(18-13)10-7-5-6-9-11(16)8-17-12(9)10/h5-7,11,16H,8H2,1-4H3. The molecule has 0 aliphatic carbocycles. The minimum Gasteiger partial charge on any atom is -0.490 e. The third kappa shape index (κ3) is 1.88. The first-order chi connectivity index (χ1) is 8.82. The molecule has 5 heteroatoms. The van der Waals surface area contributed by atoms with Gasteiger partial charge in [-0.1, -0.05) is 18.2 Å². The first-order valence-corrected chi connectivity index (χ1v) is 6.61. The molecule has 0 saturated carbocycles. The van der Waals surface area contributed by atoms with Crippen molar-refractivity contribution in [3.8, 4) is 5.75 Å². The van der Waals surface area contributed by atoms with Gasteiger partial charge in [-0.3, -0.25) is 0 Å². The second-order valence-electron chi connectivity index (χ2n) is 6.18. The van der Waals surface area contributed by atoms with Crippen molar-refractivity contribution in [2.45, 2.75) is 45.0 Å². The molecule has 0 spiro atoms. The predicted octanol–water partition coefficient (Wildman–Crippen LogP) is 1.41. The summed E-state index contributed by atoms with van der Waals surface area (Å²) in [5.41, 5.74) is 0.912. The molecule has 1 saturated heterocycles. The van der Waals surface area contributed by atoms with E-state index in [0.717, 1.165) is 11.0 Å². The second kappa shape index (κ2) is 3.98. The van der Waals surface area contributed by atoms with Gasteiger partial charge in [-0.25, -0.2) is 0 Å². The summed E-state index contributed by atoms with van der Waals surface area (Å²) in [6.45, 7) is 8.38. The van der Waals surface area contributed by atoms with E-state index in [2.05, 4.69) is 0 Å². The Kier molecular flexibility index (Phi) is 2.72. The third-order valence-electron chi connectivity index (χ3n) is 4.33. The van der Waals surface area contributed by atoms with Crippen molar-refractivity contribution < 1.29 is 19.2 Å². The second-order valence-corrected chi connectivity index (χ2v) is 6.18. The minimum absolute atomic E-state index is 0.297. The van der Waals surface area contributed by atoms with E-state index < -0.39 is 13.2 Å². The normalized spacial score (nSPS) is 27.2. The highest BCUT2D eigenvalue weighted by atomic mass is 16.7. The van der Waals surface area contributed by atoms with Crippen molar-refractivity contribution in [1.29, 1.82) is 0 Å². The van der Waals surface area contributed by atoms with Crippen LogP contribution in [0, 0.1) is 0 Å². The largest absolute Gasteiger partial charge is 0.498 e. The predicted molar refractivity (Wildman–Crippen MR) is 72.6 cm³/mol. The van der Waals surface area contributed by atoms with Crippen molar-refractivity contribution in [2.75, 3.05) is 6.61 Å². The molecular weight excluding hydrogens is 243 g/mol. The van der Waals surface area contributed by atoms with Gasteiger partial charge in [-0.15, -0.1) is 0 Å². The molecule has 1 unspecified atom stereocenters. The zero-order valence-electron chi connectivity index (χ0n) is 11.8. The van der Waals surface area contributed by atoms with Crippen molar-refractivity contribution in [1.82, 2.24) is 0 Å². The van der Waals surface area contributed by atoms with E-state index in [1.807, 2.05) is 45.9 Å². The van der Waals surface area contributed by atoms with Crippen LogP contribution in [0.15, 0.2) is 18.2 Å². The van der Waals surface area contributed by atoms with Gasteiger partial charge in [0.2, 0.25) is 0 Å². The average molecular weight is 262 g/mol. The van der Waals surface area contributed by atoms with Gasteiger partial charge in [-0.05, 0) is 27.7 Å². The molecule has 19 heavy (non-hydrogen) atoms. The monoisotopic (exact) mass is 262 g/mol. The van der Waals surface area contributed by atoms with Crippen molar-refractivity contribution in [3.05, 3.63) is 23.8 Å². The number of fused-ring (bicyclic) bond motifs is 1. The van der Waals surface area contributed by atoms with Gasteiger partial charge in [0.05, 0.1) is 11.2 Å². The van der Waals surface area contributed by atoms with Gasteiger partial charge >= 0.3 is 7.12 Å². The number of hydrogen-bond donors (Lipinski definition) is 1. The van der Waals surface area contributed by atoms with E-state index >= 15 is 0 Å². The average Bonchev–Trinajstić information content (AvgIpc) is 2.78. The van der Waals surface area contributed by atoms with Crippen LogP contribution >= 0.6 is 0 Å². The van der Waals surface area contributed by atoms with Crippen LogP contribution in [0.5, 0.6) is 5.75 Å². The number of hydrogen-bond acceptors (Lipinski definition) is 4. The van der Waals surface area contributed by atoms with Crippen molar-refractivity contribution in [2.24, 2.45) is 0 Å². The molecule has 4 nitrogen and oxygen atoms in total. The molecule has 0 aromatic heterocycles. The number of rotatable bonds is 1. The molecule has 0 amide bonds. The molecule has 0 radical (unpaired) electrons. The summed E-state index contributed by atoms with van der Waals surface area (Å²) in [6.07, 6.45) is -0.558.